The van der Waals surface area contributed by atoms with Gasteiger partial charge < -0.3 is 19.8 Å². The molecule has 2 aromatic carbocycles. The van der Waals surface area contributed by atoms with Crippen LogP contribution in [-0.2, 0) is 9.53 Å². The summed E-state index contributed by atoms with van der Waals surface area (Å²) in [6.07, 6.45) is -4.25. The van der Waals surface area contributed by atoms with Crippen LogP contribution < -0.4 is 4.90 Å². The molecule has 7 rings (SSSR count). The molecule has 2 fully saturated rings. The highest BCUT2D eigenvalue weighted by Gasteiger charge is 2.45. The average molecular weight is 658 g/mol. The van der Waals surface area contributed by atoms with Crippen LogP contribution in [0, 0.1) is 5.82 Å². The van der Waals surface area contributed by atoms with E-state index in [2.05, 4.69) is 22.1 Å². The molecule has 3 aromatic heterocycles. The molecule has 0 unspecified atom stereocenters. The van der Waals surface area contributed by atoms with Gasteiger partial charge in [0.2, 0.25) is 0 Å². The smallest absolute Gasteiger partial charge is 0.478 e. The van der Waals surface area contributed by atoms with Crippen molar-refractivity contribution in [3.8, 4) is 11.3 Å². The topological polar surface area (TPSA) is 130 Å². The summed E-state index contributed by atoms with van der Waals surface area (Å²) < 4.78 is 53.8. The van der Waals surface area contributed by atoms with Crippen LogP contribution in [0.15, 0.2) is 60.7 Å². The number of fused-ring (bicyclic) bond motifs is 2. The molecule has 5 aromatic rings. The molecule has 238 valence electrons. The van der Waals surface area contributed by atoms with Gasteiger partial charge in [-0.25, -0.2) is 23.5 Å². The first-order chi connectivity index (χ1) is 21.9. The summed E-state index contributed by atoms with van der Waals surface area (Å²) >= 11 is 6.51. The number of rotatable bonds is 5. The number of imidazole rings is 1. The SMILES string of the molecule is O=C(O)C(F)(F)F.O=C(O)c1ccc(-c2c([C@@H]3C[C@@H]3c3ccc4ccccc4n3)nc3c(N4CCOCC4)cc(Cl)nn23)cc1F. The number of carbonyl (C=O) groups is 2. The number of hydrogen-bond acceptors (Lipinski definition) is 7. The minimum Gasteiger partial charge on any atom is -0.478 e. The second kappa shape index (κ2) is 12.2. The summed E-state index contributed by atoms with van der Waals surface area (Å²) in [4.78, 5) is 32.5. The third kappa shape index (κ3) is 6.17. The van der Waals surface area contributed by atoms with Gasteiger partial charge in [-0.05, 0) is 30.7 Å². The molecule has 1 saturated carbocycles. The Bertz CT molecular complexity index is 1980. The van der Waals surface area contributed by atoms with E-state index in [1.54, 1.807) is 16.6 Å². The number of aromatic carboxylic acids is 1. The van der Waals surface area contributed by atoms with Gasteiger partial charge in [0.15, 0.2) is 10.8 Å². The standard InChI is InChI=1S/C29H23ClFN5O3.C2HF3O2/c30-25-15-24(35-9-11-39-12-10-35)28-33-26(20-14-19(20)23-8-6-16-3-1-2-4-22(16)32-23)27(36(28)34-25)17-5-7-18(29(37)38)21(31)13-17;3-2(4,5)1(6)7/h1-8,13,15,19-20H,9-12,14H2,(H,37,38);(H,6,7)/t19-,20+;/m0./s1. The molecule has 0 amide bonds. The second-order valence-electron chi connectivity index (χ2n) is 10.7. The van der Waals surface area contributed by atoms with E-state index >= 15 is 0 Å². The van der Waals surface area contributed by atoms with Crippen LogP contribution >= 0.6 is 11.6 Å². The Morgan fingerprint density at radius 1 is 0.957 bits per heavy atom. The fraction of sp³-hybridized carbons (Fsp3) is 0.258. The molecule has 0 radical (unpaired) electrons. The predicted molar refractivity (Wildman–Crippen MR) is 159 cm³/mol. The molecule has 4 heterocycles. The number of nitrogens with zero attached hydrogens (tertiary/aromatic N) is 5. The normalized spacial score (nSPS) is 17.9. The van der Waals surface area contributed by atoms with E-state index < -0.39 is 29.5 Å². The number of ether oxygens (including phenoxy) is 1. The molecule has 0 bridgehead atoms. The molecule has 0 spiro atoms. The van der Waals surface area contributed by atoms with Crippen LogP contribution in [0.2, 0.25) is 5.15 Å². The van der Waals surface area contributed by atoms with Crippen molar-refractivity contribution in [2.75, 3.05) is 31.2 Å². The zero-order valence-corrected chi connectivity index (χ0v) is 24.5. The van der Waals surface area contributed by atoms with E-state index in [4.69, 9.17) is 36.2 Å². The van der Waals surface area contributed by atoms with Gasteiger partial charge in [-0.15, -0.1) is 0 Å². The molecule has 2 aliphatic rings. The minimum atomic E-state index is -5.08. The molecule has 15 heteroatoms. The molecular formula is C31H24ClF4N5O5. The van der Waals surface area contributed by atoms with Gasteiger partial charge in [0, 0.05) is 47.6 Å². The highest BCUT2D eigenvalue weighted by atomic mass is 35.5. The number of carboxylic acids is 2. The summed E-state index contributed by atoms with van der Waals surface area (Å²) in [6, 6.07) is 18.0. The highest BCUT2D eigenvalue weighted by Crippen LogP contribution is 2.56. The maximum atomic E-state index is 14.9. The number of aromatic nitrogens is 4. The minimum absolute atomic E-state index is 0.0360. The zero-order valence-electron chi connectivity index (χ0n) is 23.7. The van der Waals surface area contributed by atoms with Crippen molar-refractivity contribution in [3.05, 3.63) is 88.6 Å². The fourth-order valence-corrected chi connectivity index (χ4v) is 5.69. The molecule has 10 nitrogen and oxygen atoms in total. The number of aliphatic carboxylic acids is 1. The van der Waals surface area contributed by atoms with E-state index in [0.29, 0.717) is 43.2 Å². The first-order valence-electron chi connectivity index (χ1n) is 14.0. The number of para-hydroxylation sites is 1. The second-order valence-corrected chi connectivity index (χ2v) is 11.1. The van der Waals surface area contributed by atoms with Crippen molar-refractivity contribution in [2.45, 2.75) is 24.4 Å². The van der Waals surface area contributed by atoms with E-state index in [0.717, 1.165) is 34.4 Å². The van der Waals surface area contributed by atoms with Gasteiger partial charge >= 0.3 is 18.1 Å². The highest BCUT2D eigenvalue weighted by molar-refractivity contribution is 6.29. The Hall–Kier alpha value is -4.82. The maximum absolute atomic E-state index is 14.9. The number of morpholine rings is 1. The van der Waals surface area contributed by atoms with Crippen LogP contribution in [0.3, 0.4) is 0 Å². The fourth-order valence-electron chi connectivity index (χ4n) is 5.51. The van der Waals surface area contributed by atoms with E-state index in [1.807, 2.05) is 24.3 Å². The quantitative estimate of drug-likeness (QED) is 0.213. The summed E-state index contributed by atoms with van der Waals surface area (Å²) in [5.41, 5.74) is 4.82. The van der Waals surface area contributed by atoms with Gasteiger partial charge in [-0.1, -0.05) is 41.9 Å². The number of pyridine rings is 1. The van der Waals surface area contributed by atoms with Crippen molar-refractivity contribution in [3.63, 3.8) is 0 Å². The van der Waals surface area contributed by atoms with Crippen LogP contribution in [0.5, 0.6) is 0 Å². The van der Waals surface area contributed by atoms with Crippen LogP contribution in [0.4, 0.5) is 23.2 Å². The lowest BCUT2D eigenvalue weighted by Gasteiger charge is -2.28. The lowest BCUT2D eigenvalue weighted by atomic mass is 10.0. The lowest BCUT2D eigenvalue weighted by Crippen LogP contribution is -2.36. The molecule has 2 N–H and O–H groups in total. The Labute approximate surface area is 262 Å². The first-order valence-corrected chi connectivity index (χ1v) is 14.4. The van der Waals surface area contributed by atoms with E-state index in [9.17, 15) is 27.5 Å². The Morgan fingerprint density at radius 3 is 2.35 bits per heavy atom. The summed E-state index contributed by atoms with van der Waals surface area (Å²) in [7, 11) is 0. The van der Waals surface area contributed by atoms with Crippen molar-refractivity contribution in [2.24, 2.45) is 0 Å². The molecule has 1 aliphatic heterocycles. The summed E-state index contributed by atoms with van der Waals surface area (Å²) in [5.74, 6) is -4.72. The van der Waals surface area contributed by atoms with Crippen molar-refractivity contribution in [1.82, 2.24) is 19.6 Å². The van der Waals surface area contributed by atoms with Crippen molar-refractivity contribution >= 4 is 45.8 Å². The maximum Gasteiger partial charge on any atom is 0.490 e. The number of benzene rings is 2. The first kappa shape index (κ1) is 31.2. The lowest BCUT2D eigenvalue weighted by molar-refractivity contribution is -0.192. The number of halogens is 5. The molecule has 2 atom stereocenters. The van der Waals surface area contributed by atoms with Gasteiger partial charge in [0.25, 0.3) is 0 Å². The largest absolute Gasteiger partial charge is 0.490 e. The third-order valence-corrected chi connectivity index (χ3v) is 7.96. The third-order valence-electron chi connectivity index (χ3n) is 7.77. The molecular weight excluding hydrogens is 634 g/mol. The molecule has 1 aliphatic carbocycles. The Balaban J connectivity index is 0.000000480. The number of anilines is 1. The number of alkyl halides is 3. The molecule has 46 heavy (non-hydrogen) atoms. The summed E-state index contributed by atoms with van der Waals surface area (Å²) in [5, 5.41) is 22.4. The molecule has 1 saturated heterocycles. The van der Waals surface area contributed by atoms with Gasteiger partial charge in [-0.2, -0.15) is 18.3 Å². The zero-order chi connectivity index (χ0) is 32.7. The van der Waals surface area contributed by atoms with Crippen LogP contribution in [0.25, 0.3) is 27.8 Å². The van der Waals surface area contributed by atoms with Gasteiger partial charge in [-0.3, -0.25) is 4.98 Å². The van der Waals surface area contributed by atoms with Crippen molar-refractivity contribution < 1.29 is 42.1 Å². The Kier molecular flexibility index (Phi) is 8.25. The van der Waals surface area contributed by atoms with E-state index in [-0.39, 0.29) is 17.0 Å². The average Bonchev–Trinajstić information content (AvgIpc) is 3.73. The predicted octanol–water partition coefficient (Wildman–Crippen LogP) is 6.18. The number of carboxylic acid groups (broad SMARTS) is 2. The monoisotopic (exact) mass is 657 g/mol. The van der Waals surface area contributed by atoms with Crippen LogP contribution in [-0.4, -0.2) is 74.2 Å². The van der Waals surface area contributed by atoms with Gasteiger partial charge in [0.1, 0.15) is 5.82 Å². The van der Waals surface area contributed by atoms with Crippen molar-refractivity contribution in [1.29, 1.82) is 0 Å². The number of hydrogen-bond donors (Lipinski definition) is 2. The Morgan fingerprint density at radius 2 is 1.67 bits per heavy atom. The van der Waals surface area contributed by atoms with Crippen LogP contribution in [0.1, 0.15) is 40.0 Å². The van der Waals surface area contributed by atoms with E-state index in [1.165, 1.54) is 12.1 Å². The van der Waals surface area contributed by atoms with Gasteiger partial charge in [0.05, 0.1) is 41.4 Å². The summed E-state index contributed by atoms with van der Waals surface area (Å²) in [6.45, 7) is 2.55.